The molecular formula is C10H10N4OS2. The maximum absolute atomic E-state index is 7.32. The average Bonchev–Trinajstić information content (AvgIpc) is 2.90. The fraction of sp³-hybridized carbons (Fsp3) is 0.300. The summed E-state index contributed by atoms with van der Waals surface area (Å²) in [5.41, 5.74) is 1.02. The first-order chi connectivity index (χ1) is 8.24. The van der Waals surface area contributed by atoms with E-state index in [4.69, 9.17) is 22.2 Å². The van der Waals surface area contributed by atoms with Gasteiger partial charge in [-0.25, -0.2) is 4.99 Å². The molecular weight excluding hydrogens is 256 g/mol. The molecule has 0 saturated carbocycles. The van der Waals surface area contributed by atoms with E-state index in [1.807, 2.05) is 6.07 Å². The first kappa shape index (κ1) is 11.8. The molecule has 0 bridgehead atoms. The largest absolute Gasteiger partial charge is 0.475 e. The normalized spacial score (nSPS) is 13.5. The molecule has 2 aromatic heterocycles. The maximum atomic E-state index is 7.32. The van der Waals surface area contributed by atoms with E-state index in [0.717, 1.165) is 27.7 Å². The monoisotopic (exact) mass is 266 g/mol. The molecule has 0 aliphatic carbocycles. The van der Waals surface area contributed by atoms with Crippen LogP contribution in [0.15, 0.2) is 11.1 Å². The lowest BCUT2D eigenvalue weighted by atomic mass is 10.4. The highest BCUT2D eigenvalue weighted by atomic mass is 32.1. The molecule has 2 aromatic rings. The molecule has 1 aliphatic rings. The second-order valence-electron chi connectivity index (χ2n) is 3.19. The lowest BCUT2D eigenvalue weighted by Crippen LogP contribution is -1.97. The zero-order valence-electron chi connectivity index (χ0n) is 9.11. The van der Waals surface area contributed by atoms with Gasteiger partial charge in [-0.15, -0.1) is 11.3 Å². The molecule has 3 rings (SSSR count). The van der Waals surface area contributed by atoms with E-state index in [1.165, 1.54) is 6.92 Å². The fourth-order valence-electron chi connectivity index (χ4n) is 1.42. The number of aromatic amines is 2. The van der Waals surface area contributed by atoms with Gasteiger partial charge >= 0.3 is 0 Å². The Hall–Kier alpha value is -1.65. The van der Waals surface area contributed by atoms with Crippen molar-refractivity contribution in [1.29, 1.82) is 5.26 Å². The van der Waals surface area contributed by atoms with Crippen LogP contribution in [0.25, 0.3) is 10.3 Å². The van der Waals surface area contributed by atoms with Gasteiger partial charge in [0.1, 0.15) is 11.4 Å². The smallest absolute Gasteiger partial charge is 0.226 e. The van der Waals surface area contributed by atoms with Crippen molar-refractivity contribution in [2.24, 2.45) is 4.99 Å². The number of aromatic nitrogens is 2. The molecule has 88 valence electrons. The van der Waals surface area contributed by atoms with Gasteiger partial charge in [0.15, 0.2) is 4.77 Å². The number of imidazole rings is 1. The second kappa shape index (κ2) is 5.12. The van der Waals surface area contributed by atoms with Crippen molar-refractivity contribution in [3.63, 3.8) is 0 Å². The van der Waals surface area contributed by atoms with Crippen molar-refractivity contribution < 1.29 is 4.74 Å². The number of H-pyrrole nitrogens is 2. The van der Waals surface area contributed by atoms with Crippen molar-refractivity contribution in [2.45, 2.75) is 6.92 Å². The van der Waals surface area contributed by atoms with Crippen LogP contribution in [0.1, 0.15) is 11.8 Å². The summed E-state index contributed by atoms with van der Waals surface area (Å²) in [4.78, 5) is 12.5. The number of hydrogen-bond donors (Lipinski definition) is 2. The van der Waals surface area contributed by atoms with Crippen LogP contribution in [0, 0.1) is 16.1 Å². The highest BCUT2D eigenvalue weighted by Crippen LogP contribution is 2.24. The molecule has 0 aromatic carbocycles. The Labute approximate surface area is 107 Å². The van der Waals surface area contributed by atoms with E-state index in [9.17, 15) is 0 Å². The molecule has 2 N–H and O–H groups in total. The maximum Gasteiger partial charge on any atom is 0.226 e. The minimum atomic E-state index is 0.659. The fourth-order valence-corrected chi connectivity index (χ4v) is 2.68. The topological polar surface area (TPSA) is 77.0 Å². The number of nitriles is 1. The Kier molecular flexibility index (Phi) is 3.56. The van der Waals surface area contributed by atoms with Crippen molar-refractivity contribution in [1.82, 2.24) is 9.97 Å². The van der Waals surface area contributed by atoms with Gasteiger partial charge in [0.05, 0.1) is 23.0 Å². The Morgan fingerprint density at radius 1 is 1.59 bits per heavy atom. The van der Waals surface area contributed by atoms with Gasteiger partial charge in [0, 0.05) is 6.92 Å². The molecule has 5 nitrogen and oxygen atoms in total. The van der Waals surface area contributed by atoms with Gasteiger partial charge in [-0.2, -0.15) is 5.26 Å². The van der Waals surface area contributed by atoms with Crippen LogP contribution < -0.4 is 0 Å². The number of fused-ring (bicyclic) bond motifs is 1. The van der Waals surface area contributed by atoms with Crippen LogP contribution in [0.5, 0.6) is 0 Å². The highest BCUT2D eigenvalue weighted by Gasteiger charge is 2.14. The van der Waals surface area contributed by atoms with Crippen molar-refractivity contribution in [3.8, 4) is 6.07 Å². The first-order valence-electron chi connectivity index (χ1n) is 4.95. The summed E-state index contributed by atoms with van der Waals surface area (Å²) >= 11 is 6.58. The number of nitrogens with zero attached hydrogens (tertiary/aromatic N) is 2. The Morgan fingerprint density at radius 3 is 2.94 bits per heavy atom. The second-order valence-corrected chi connectivity index (χ2v) is 4.65. The van der Waals surface area contributed by atoms with Gasteiger partial charge in [-0.1, -0.05) is 0 Å². The van der Waals surface area contributed by atoms with Crippen LogP contribution in [0.3, 0.4) is 0 Å². The molecule has 0 radical (unpaired) electrons. The summed E-state index contributed by atoms with van der Waals surface area (Å²) < 4.78 is 6.03. The van der Waals surface area contributed by atoms with E-state index in [0.29, 0.717) is 11.4 Å². The molecule has 0 atom stereocenters. The van der Waals surface area contributed by atoms with Crippen molar-refractivity contribution in [2.75, 3.05) is 13.2 Å². The lowest BCUT2D eigenvalue weighted by Gasteiger charge is -1.94. The molecule has 3 heterocycles. The summed E-state index contributed by atoms with van der Waals surface area (Å²) in [7, 11) is 0. The van der Waals surface area contributed by atoms with Gasteiger partial charge in [-0.3, -0.25) is 0 Å². The van der Waals surface area contributed by atoms with Crippen LogP contribution in [0.2, 0.25) is 0 Å². The summed E-state index contributed by atoms with van der Waals surface area (Å²) in [6, 6.07) is 3.76. The number of rotatable bonds is 1. The van der Waals surface area contributed by atoms with Gasteiger partial charge in [0.25, 0.3) is 0 Å². The Morgan fingerprint density at radius 2 is 2.35 bits per heavy atom. The van der Waals surface area contributed by atoms with Crippen molar-refractivity contribution in [3.05, 3.63) is 15.7 Å². The average molecular weight is 266 g/mol. The van der Waals surface area contributed by atoms with Crippen LogP contribution in [-0.2, 0) is 4.74 Å². The van der Waals surface area contributed by atoms with Gasteiger partial charge in [0.2, 0.25) is 5.90 Å². The molecule has 0 saturated heterocycles. The predicted octanol–water partition coefficient (Wildman–Crippen LogP) is 2.59. The third-order valence-electron chi connectivity index (χ3n) is 2.00. The van der Waals surface area contributed by atoms with E-state index in [1.54, 1.807) is 17.4 Å². The minimum absolute atomic E-state index is 0.659. The number of nitrogens with one attached hydrogen (secondary N) is 2. The molecule has 0 unspecified atom stereocenters. The Bertz CT molecular complexity index is 609. The quantitative estimate of drug-likeness (QED) is 0.779. The lowest BCUT2D eigenvalue weighted by molar-refractivity contribution is 0.349. The molecule has 17 heavy (non-hydrogen) atoms. The van der Waals surface area contributed by atoms with E-state index >= 15 is 0 Å². The summed E-state index contributed by atoms with van der Waals surface area (Å²) in [6.07, 6.45) is 0. The third kappa shape index (κ3) is 2.54. The molecule has 0 spiro atoms. The molecule has 0 fully saturated rings. The van der Waals surface area contributed by atoms with Crippen molar-refractivity contribution >= 4 is 39.8 Å². The van der Waals surface area contributed by atoms with E-state index in [-0.39, 0.29) is 0 Å². The van der Waals surface area contributed by atoms with Crippen LogP contribution >= 0.6 is 23.6 Å². The zero-order chi connectivity index (χ0) is 12.3. The van der Waals surface area contributed by atoms with Crippen LogP contribution in [0.4, 0.5) is 0 Å². The summed E-state index contributed by atoms with van der Waals surface area (Å²) in [6.45, 7) is 2.88. The number of aliphatic imine (C=N–C) groups is 1. The van der Waals surface area contributed by atoms with Gasteiger partial charge in [-0.05, 0) is 18.3 Å². The SMILES string of the molecule is CC#N.S=c1[nH]c2cc(C3=NCCO3)sc2[nH]1. The zero-order valence-corrected chi connectivity index (χ0v) is 10.7. The van der Waals surface area contributed by atoms with Gasteiger partial charge < -0.3 is 14.7 Å². The standard InChI is InChI=1S/C8H7N3OS2.C2H3N/c13-8-10-4-3-5(14-7(4)11-8)6-9-1-2-12-6;1-2-3/h3H,1-2H2,(H2,10,11,13);1H3. The van der Waals surface area contributed by atoms with Crippen LogP contribution in [-0.4, -0.2) is 29.0 Å². The van der Waals surface area contributed by atoms with E-state index in [2.05, 4.69) is 15.0 Å². The first-order valence-corrected chi connectivity index (χ1v) is 6.17. The minimum Gasteiger partial charge on any atom is -0.475 e. The number of ether oxygens (including phenoxy) is 1. The Balaban J connectivity index is 0.000000329. The molecule has 0 amide bonds. The summed E-state index contributed by atoms with van der Waals surface area (Å²) in [5, 5.41) is 7.32. The molecule has 7 heteroatoms. The highest BCUT2D eigenvalue weighted by molar-refractivity contribution is 7.71. The number of hydrogen-bond acceptors (Lipinski definition) is 5. The van der Waals surface area contributed by atoms with E-state index < -0.39 is 0 Å². The number of thiophene rings is 1. The predicted molar refractivity (Wildman–Crippen MR) is 70.0 cm³/mol. The summed E-state index contributed by atoms with van der Waals surface area (Å²) in [5.74, 6) is 0.749. The molecule has 1 aliphatic heterocycles. The third-order valence-corrected chi connectivity index (χ3v) is 3.25.